The zero-order valence-corrected chi connectivity index (χ0v) is 18.0. The van der Waals surface area contributed by atoms with E-state index in [4.69, 9.17) is 0 Å². The van der Waals surface area contributed by atoms with Gasteiger partial charge in [-0.05, 0) is 31.0 Å². The monoisotopic (exact) mass is 448 g/mol. The lowest BCUT2D eigenvalue weighted by molar-refractivity contribution is 0.0767. The maximum atomic E-state index is 14.9. The van der Waals surface area contributed by atoms with Gasteiger partial charge in [0.1, 0.15) is 24.1 Å². The largest absolute Gasteiger partial charge is 0.330 e. The number of carbonyl (C=O) groups excluding carboxylic acids is 1. The lowest BCUT2D eigenvalue weighted by atomic mass is 10.0. The number of halogens is 2. The Morgan fingerprint density at radius 3 is 2.73 bits per heavy atom. The zero-order valence-electron chi connectivity index (χ0n) is 18.0. The summed E-state index contributed by atoms with van der Waals surface area (Å²) in [6.45, 7) is -0.125. The van der Waals surface area contributed by atoms with Crippen LogP contribution in [0, 0.1) is 11.3 Å². The van der Waals surface area contributed by atoms with E-state index in [1.165, 1.54) is 4.90 Å². The van der Waals surface area contributed by atoms with Gasteiger partial charge in [0.05, 0.1) is 36.2 Å². The average Bonchev–Trinajstić information content (AvgIpc) is 3.54. The van der Waals surface area contributed by atoms with E-state index < -0.39 is 12.3 Å². The van der Waals surface area contributed by atoms with Crippen LogP contribution in [0.15, 0.2) is 36.8 Å². The minimum absolute atomic E-state index is 0.0210. The van der Waals surface area contributed by atoms with Crippen molar-refractivity contribution in [3.8, 4) is 28.5 Å². The zero-order chi connectivity index (χ0) is 23.0. The normalized spacial score (nSPS) is 16.8. The second-order valence-electron chi connectivity index (χ2n) is 8.62. The third kappa shape index (κ3) is 3.97. The molecule has 3 aromatic heterocycles. The SMILES string of the molecule is N#Cc1ccc(-c2cnn(CC3(F)CCCC3)c2)c(-c2cnc3c(c2)C(=O)N(CCF)C3)n1. The molecular formula is C24H22F2N6O. The standard InChI is InChI=1S/C24H22F2N6O/c25-7-8-31-14-21-20(23(31)33)9-16(11-28-21)22-19(4-3-18(10-27)30-22)17-12-29-32(13-17)15-24(26)5-1-2-6-24/h3-4,9,11-13H,1-2,5-8,14-15H2. The van der Waals surface area contributed by atoms with Crippen LogP contribution in [0.1, 0.15) is 47.4 Å². The number of nitriles is 1. The smallest absolute Gasteiger partial charge is 0.256 e. The van der Waals surface area contributed by atoms with Crippen LogP contribution in [0.2, 0.25) is 0 Å². The molecule has 4 heterocycles. The van der Waals surface area contributed by atoms with E-state index in [0.717, 1.165) is 18.4 Å². The number of hydrogen-bond acceptors (Lipinski definition) is 5. The van der Waals surface area contributed by atoms with E-state index >= 15 is 0 Å². The van der Waals surface area contributed by atoms with Crippen molar-refractivity contribution in [2.24, 2.45) is 0 Å². The van der Waals surface area contributed by atoms with Crippen LogP contribution in [-0.2, 0) is 13.1 Å². The van der Waals surface area contributed by atoms with Crippen LogP contribution in [0.25, 0.3) is 22.4 Å². The molecule has 168 valence electrons. The maximum Gasteiger partial charge on any atom is 0.256 e. The second-order valence-corrected chi connectivity index (χ2v) is 8.62. The lowest BCUT2D eigenvalue weighted by Crippen LogP contribution is -2.26. The summed E-state index contributed by atoms with van der Waals surface area (Å²) in [7, 11) is 0. The molecular weight excluding hydrogens is 426 g/mol. The van der Waals surface area contributed by atoms with Gasteiger partial charge in [-0.1, -0.05) is 12.8 Å². The Kier molecular flexibility index (Phi) is 5.36. The van der Waals surface area contributed by atoms with Crippen LogP contribution < -0.4 is 0 Å². The first-order valence-electron chi connectivity index (χ1n) is 11.0. The van der Waals surface area contributed by atoms with Gasteiger partial charge in [-0.15, -0.1) is 0 Å². The molecule has 5 rings (SSSR count). The van der Waals surface area contributed by atoms with Crippen molar-refractivity contribution in [2.75, 3.05) is 13.2 Å². The van der Waals surface area contributed by atoms with Gasteiger partial charge in [-0.25, -0.2) is 13.8 Å². The summed E-state index contributed by atoms with van der Waals surface area (Å²) in [4.78, 5) is 22.9. The van der Waals surface area contributed by atoms with Crippen LogP contribution in [0.5, 0.6) is 0 Å². The molecule has 3 aromatic rings. The molecule has 2 aliphatic rings. The van der Waals surface area contributed by atoms with E-state index in [1.54, 1.807) is 41.5 Å². The van der Waals surface area contributed by atoms with Gasteiger partial charge < -0.3 is 4.90 Å². The Bertz CT molecular complexity index is 1260. The lowest BCUT2D eigenvalue weighted by Gasteiger charge is -2.18. The summed E-state index contributed by atoms with van der Waals surface area (Å²) in [6.07, 6.45) is 7.90. The van der Waals surface area contributed by atoms with Crippen LogP contribution in [-0.4, -0.2) is 49.4 Å². The third-order valence-electron chi connectivity index (χ3n) is 6.36. The molecule has 0 spiro atoms. The molecule has 7 nitrogen and oxygen atoms in total. The van der Waals surface area contributed by atoms with E-state index in [1.807, 2.05) is 6.07 Å². The van der Waals surface area contributed by atoms with E-state index in [0.29, 0.717) is 40.9 Å². The number of carbonyl (C=O) groups is 1. The molecule has 1 aliphatic heterocycles. The van der Waals surface area contributed by atoms with Gasteiger partial charge >= 0.3 is 0 Å². The number of pyridine rings is 2. The fourth-order valence-corrected chi connectivity index (χ4v) is 4.66. The fourth-order valence-electron chi connectivity index (χ4n) is 4.66. The quantitative estimate of drug-likeness (QED) is 0.567. The molecule has 0 atom stereocenters. The van der Waals surface area contributed by atoms with Crippen molar-refractivity contribution in [3.05, 3.63) is 53.7 Å². The highest BCUT2D eigenvalue weighted by atomic mass is 19.1. The number of amides is 1. The molecule has 0 unspecified atom stereocenters. The summed E-state index contributed by atoms with van der Waals surface area (Å²) in [5.74, 6) is -0.271. The molecule has 9 heteroatoms. The van der Waals surface area contributed by atoms with Crippen molar-refractivity contribution < 1.29 is 13.6 Å². The Hall–Kier alpha value is -3.67. The fraction of sp³-hybridized carbons (Fsp3) is 0.375. The summed E-state index contributed by atoms with van der Waals surface area (Å²) in [6, 6.07) is 7.11. The number of fused-ring (bicyclic) bond motifs is 1. The summed E-state index contributed by atoms with van der Waals surface area (Å²) >= 11 is 0. The van der Waals surface area contributed by atoms with Gasteiger partial charge in [0.25, 0.3) is 5.91 Å². The first kappa shape index (κ1) is 21.2. The molecule has 1 saturated carbocycles. The molecule has 1 aliphatic carbocycles. The van der Waals surface area contributed by atoms with Crippen LogP contribution >= 0.6 is 0 Å². The Morgan fingerprint density at radius 1 is 1.15 bits per heavy atom. The predicted octanol–water partition coefficient (Wildman–Crippen LogP) is 4.09. The van der Waals surface area contributed by atoms with Crippen molar-refractivity contribution in [2.45, 2.75) is 44.4 Å². The van der Waals surface area contributed by atoms with E-state index in [-0.39, 0.29) is 31.2 Å². The van der Waals surface area contributed by atoms with Gasteiger partial charge in [0.2, 0.25) is 0 Å². The van der Waals surface area contributed by atoms with Crippen LogP contribution in [0.3, 0.4) is 0 Å². The van der Waals surface area contributed by atoms with Crippen LogP contribution in [0.4, 0.5) is 8.78 Å². The molecule has 33 heavy (non-hydrogen) atoms. The predicted molar refractivity (Wildman–Crippen MR) is 116 cm³/mol. The van der Waals surface area contributed by atoms with Crippen molar-refractivity contribution in [1.82, 2.24) is 24.6 Å². The highest BCUT2D eigenvalue weighted by Gasteiger charge is 2.34. The van der Waals surface area contributed by atoms with E-state index in [9.17, 15) is 18.8 Å². The van der Waals surface area contributed by atoms with Gasteiger partial charge in [-0.2, -0.15) is 10.4 Å². The van der Waals surface area contributed by atoms with Gasteiger partial charge in [0.15, 0.2) is 0 Å². The number of alkyl halides is 2. The van der Waals surface area contributed by atoms with Gasteiger partial charge in [0, 0.05) is 35.6 Å². The molecule has 1 amide bonds. The average molecular weight is 448 g/mol. The number of hydrogen-bond donors (Lipinski definition) is 0. The molecule has 0 saturated heterocycles. The Morgan fingerprint density at radius 2 is 1.97 bits per heavy atom. The van der Waals surface area contributed by atoms with E-state index in [2.05, 4.69) is 15.1 Å². The minimum atomic E-state index is -1.23. The first-order chi connectivity index (χ1) is 16.0. The molecule has 1 fully saturated rings. The van der Waals surface area contributed by atoms with Crippen molar-refractivity contribution in [3.63, 3.8) is 0 Å². The first-order valence-corrected chi connectivity index (χ1v) is 11.0. The summed E-state index contributed by atoms with van der Waals surface area (Å²) in [5.41, 5.74) is 2.48. The summed E-state index contributed by atoms with van der Waals surface area (Å²) < 4.78 is 29.3. The maximum absolute atomic E-state index is 14.9. The second kappa shape index (κ2) is 8.35. The van der Waals surface area contributed by atoms with Crippen molar-refractivity contribution in [1.29, 1.82) is 5.26 Å². The number of rotatable bonds is 6. The van der Waals surface area contributed by atoms with Crippen molar-refractivity contribution >= 4 is 5.91 Å². The molecule has 0 bridgehead atoms. The topological polar surface area (TPSA) is 87.7 Å². The molecule has 0 aromatic carbocycles. The molecule has 0 radical (unpaired) electrons. The Balaban J connectivity index is 1.51. The highest BCUT2D eigenvalue weighted by molar-refractivity contribution is 5.99. The van der Waals surface area contributed by atoms with Gasteiger partial charge in [-0.3, -0.25) is 14.5 Å². The Labute approximate surface area is 189 Å². The minimum Gasteiger partial charge on any atom is -0.330 e. The molecule has 0 N–H and O–H groups in total. The highest BCUT2D eigenvalue weighted by Crippen LogP contribution is 2.36. The third-order valence-corrected chi connectivity index (χ3v) is 6.36. The number of nitrogens with zero attached hydrogens (tertiary/aromatic N) is 6. The summed E-state index contributed by atoms with van der Waals surface area (Å²) in [5, 5.41) is 13.7. The number of aromatic nitrogens is 4.